The number of rotatable bonds is 9. The van der Waals surface area contributed by atoms with Crippen LogP contribution >= 0.6 is 0 Å². The lowest BCUT2D eigenvalue weighted by Gasteiger charge is -2.17. The van der Waals surface area contributed by atoms with Crippen LogP contribution in [0.5, 0.6) is 0 Å². The standard InChI is InChI=1S/C26H25N5O4/c1-35-16-15-31-24(23(25(33)30-26(31)34)28-17-18-7-3-2-4-8-18)29-21(32)13-12-20-10-5-9-19-11-6-14-27-22(19)20/h2-14,28H,15-17H2,1H3,(H,29,32)(H,30,33,34)/b13-12+. The Morgan fingerprint density at radius 2 is 1.89 bits per heavy atom. The fourth-order valence-electron chi connectivity index (χ4n) is 3.63. The molecule has 3 N–H and O–H groups in total. The number of pyridine rings is 1. The highest BCUT2D eigenvalue weighted by atomic mass is 16.5. The Morgan fingerprint density at radius 3 is 2.69 bits per heavy atom. The third-order valence-corrected chi connectivity index (χ3v) is 5.35. The Labute approximate surface area is 201 Å². The molecule has 0 aliphatic heterocycles. The van der Waals surface area contributed by atoms with E-state index in [2.05, 4.69) is 20.6 Å². The number of ether oxygens (including phenoxy) is 1. The third-order valence-electron chi connectivity index (χ3n) is 5.35. The predicted octanol–water partition coefficient (Wildman–Crippen LogP) is 3.00. The summed E-state index contributed by atoms with van der Waals surface area (Å²) in [4.78, 5) is 44.8. The number of carbonyl (C=O) groups excluding carboxylic acids is 1. The van der Waals surface area contributed by atoms with Gasteiger partial charge in [-0.25, -0.2) is 4.79 Å². The number of hydrogen-bond acceptors (Lipinski definition) is 6. The molecule has 0 aliphatic carbocycles. The molecular weight excluding hydrogens is 446 g/mol. The van der Waals surface area contributed by atoms with Crippen LogP contribution in [0.25, 0.3) is 17.0 Å². The average Bonchev–Trinajstić information content (AvgIpc) is 2.87. The third kappa shape index (κ3) is 5.71. The molecular formula is C26H25N5O4. The summed E-state index contributed by atoms with van der Waals surface area (Å²) in [6.45, 7) is 0.677. The van der Waals surface area contributed by atoms with Crippen LogP contribution in [0.1, 0.15) is 11.1 Å². The molecule has 2 aromatic carbocycles. The van der Waals surface area contributed by atoms with E-state index in [0.717, 1.165) is 22.0 Å². The second-order valence-electron chi connectivity index (χ2n) is 7.71. The molecule has 0 spiro atoms. The molecule has 9 nitrogen and oxygen atoms in total. The van der Waals surface area contributed by atoms with Crippen LogP contribution in [-0.4, -0.2) is 34.2 Å². The van der Waals surface area contributed by atoms with E-state index in [0.29, 0.717) is 6.54 Å². The number of nitrogens with zero attached hydrogens (tertiary/aromatic N) is 2. The zero-order chi connectivity index (χ0) is 24.6. The summed E-state index contributed by atoms with van der Waals surface area (Å²) in [6, 6.07) is 18.9. The van der Waals surface area contributed by atoms with Crippen molar-refractivity contribution >= 4 is 34.4 Å². The highest BCUT2D eigenvalue weighted by Crippen LogP contribution is 2.19. The first-order chi connectivity index (χ1) is 17.1. The fraction of sp³-hybridized carbons (Fsp3) is 0.154. The van der Waals surface area contributed by atoms with Gasteiger partial charge in [0.05, 0.1) is 18.7 Å². The van der Waals surface area contributed by atoms with Crippen LogP contribution in [-0.2, 0) is 22.6 Å². The summed E-state index contributed by atoms with van der Waals surface area (Å²) >= 11 is 0. The SMILES string of the molecule is COCCn1c(NC(=O)/C=C/c2cccc3cccnc23)c(NCc2ccccc2)c(=O)[nH]c1=O. The minimum atomic E-state index is -0.644. The monoisotopic (exact) mass is 471 g/mol. The minimum Gasteiger partial charge on any atom is -0.383 e. The van der Waals surface area contributed by atoms with Gasteiger partial charge in [0.15, 0.2) is 0 Å². The molecule has 0 atom stereocenters. The summed E-state index contributed by atoms with van der Waals surface area (Å²) in [6.07, 6.45) is 4.68. The maximum Gasteiger partial charge on any atom is 0.330 e. The molecule has 0 fully saturated rings. The first kappa shape index (κ1) is 23.7. The normalized spacial score (nSPS) is 11.1. The van der Waals surface area contributed by atoms with Gasteiger partial charge in [0.1, 0.15) is 11.5 Å². The van der Waals surface area contributed by atoms with E-state index in [1.165, 1.54) is 17.8 Å². The number of anilines is 2. The van der Waals surface area contributed by atoms with Gasteiger partial charge in [-0.2, -0.15) is 0 Å². The largest absolute Gasteiger partial charge is 0.383 e. The van der Waals surface area contributed by atoms with E-state index < -0.39 is 17.2 Å². The first-order valence-corrected chi connectivity index (χ1v) is 11.0. The predicted molar refractivity (Wildman–Crippen MR) is 136 cm³/mol. The molecule has 35 heavy (non-hydrogen) atoms. The maximum atomic E-state index is 12.9. The summed E-state index contributed by atoms with van der Waals surface area (Å²) in [5, 5.41) is 6.70. The van der Waals surface area contributed by atoms with Crippen LogP contribution in [0.4, 0.5) is 11.5 Å². The van der Waals surface area contributed by atoms with Gasteiger partial charge in [0.25, 0.3) is 5.56 Å². The molecule has 2 heterocycles. The number of nitrogens with one attached hydrogen (secondary N) is 3. The molecule has 0 unspecified atom stereocenters. The van der Waals surface area contributed by atoms with Gasteiger partial charge < -0.3 is 15.4 Å². The van der Waals surface area contributed by atoms with Gasteiger partial charge in [-0.1, -0.05) is 54.6 Å². The maximum absolute atomic E-state index is 12.9. The highest BCUT2D eigenvalue weighted by Gasteiger charge is 2.17. The number of para-hydroxylation sites is 1. The number of carbonyl (C=O) groups is 1. The Bertz CT molecular complexity index is 1470. The number of benzene rings is 2. The average molecular weight is 472 g/mol. The first-order valence-electron chi connectivity index (χ1n) is 11.0. The van der Waals surface area contributed by atoms with Crippen LogP contribution in [0.3, 0.4) is 0 Å². The van der Waals surface area contributed by atoms with Crippen molar-refractivity contribution in [2.75, 3.05) is 24.4 Å². The Hall–Kier alpha value is -4.50. The zero-order valence-electron chi connectivity index (χ0n) is 19.2. The lowest BCUT2D eigenvalue weighted by molar-refractivity contribution is -0.111. The fourth-order valence-corrected chi connectivity index (χ4v) is 3.63. The van der Waals surface area contributed by atoms with E-state index in [9.17, 15) is 14.4 Å². The van der Waals surface area contributed by atoms with Crippen molar-refractivity contribution in [3.05, 3.63) is 105 Å². The Kier molecular flexibility index (Phi) is 7.49. The van der Waals surface area contributed by atoms with Crippen molar-refractivity contribution in [2.24, 2.45) is 0 Å². The molecule has 4 rings (SSSR count). The number of methoxy groups -OCH3 is 1. The number of amides is 1. The quantitative estimate of drug-likeness (QED) is 0.323. The number of H-pyrrole nitrogens is 1. The lowest BCUT2D eigenvalue weighted by Crippen LogP contribution is -2.36. The molecule has 0 saturated carbocycles. The summed E-state index contributed by atoms with van der Waals surface area (Å²) in [5.41, 5.74) is 1.27. The summed E-state index contributed by atoms with van der Waals surface area (Å²) in [7, 11) is 1.50. The van der Waals surface area contributed by atoms with Crippen molar-refractivity contribution in [3.8, 4) is 0 Å². The molecule has 178 valence electrons. The van der Waals surface area contributed by atoms with E-state index in [1.807, 2.05) is 60.7 Å². The van der Waals surface area contributed by atoms with Crippen LogP contribution in [0.15, 0.2) is 82.5 Å². The minimum absolute atomic E-state index is 0.0671. The van der Waals surface area contributed by atoms with E-state index >= 15 is 0 Å². The second kappa shape index (κ2) is 11.1. The second-order valence-corrected chi connectivity index (χ2v) is 7.71. The van der Waals surface area contributed by atoms with Gasteiger partial charge in [0.2, 0.25) is 5.91 Å². The number of aromatic nitrogens is 3. The summed E-state index contributed by atoms with van der Waals surface area (Å²) < 4.78 is 6.37. The van der Waals surface area contributed by atoms with E-state index in [4.69, 9.17) is 4.74 Å². The molecule has 0 bridgehead atoms. The highest BCUT2D eigenvalue weighted by molar-refractivity contribution is 6.04. The molecule has 0 saturated heterocycles. The van der Waals surface area contributed by atoms with Gasteiger partial charge >= 0.3 is 5.69 Å². The van der Waals surface area contributed by atoms with Gasteiger partial charge in [-0.3, -0.25) is 24.1 Å². The zero-order valence-corrected chi connectivity index (χ0v) is 19.2. The lowest BCUT2D eigenvalue weighted by atomic mass is 10.1. The van der Waals surface area contributed by atoms with Crippen molar-refractivity contribution in [2.45, 2.75) is 13.1 Å². The molecule has 9 heteroatoms. The van der Waals surface area contributed by atoms with Crippen molar-refractivity contribution in [1.29, 1.82) is 0 Å². The molecule has 0 radical (unpaired) electrons. The van der Waals surface area contributed by atoms with Crippen LogP contribution < -0.4 is 21.9 Å². The van der Waals surface area contributed by atoms with E-state index in [-0.39, 0.29) is 24.7 Å². The molecule has 4 aromatic rings. The van der Waals surface area contributed by atoms with Crippen molar-refractivity contribution in [1.82, 2.24) is 14.5 Å². The Balaban J connectivity index is 1.65. The number of fused-ring (bicyclic) bond motifs is 1. The topological polar surface area (TPSA) is 118 Å². The van der Waals surface area contributed by atoms with Crippen molar-refractivity contribution in [3.63, 3.8) is 0 Å². The van der Waals surface area contributed by atoms with Gasteiger partial charge in [-0.05, 0) is 17.7 Å². The van der Waals surface area contributed by atoms with E-state index in [1.54, 1.807) is 12.3 Å². The van der Waals surface area contributed by atoms with Crippen LogP contribution in [0.2, 0.25) is 0 Å². The number of hydrogen-bond donors (Lipinski definition) is 3. The van der Waals surface area contributed by atoms with Gasteiger partial charge in [-0.15, -0.1) is 0 Å². The van der Waals surface area contributed by atoms with Gasteiger partial charge in [0, 0.05) is 36.9 Å². The smallest absolute Gasteiger partial charge is 0.330 e. The molecule has 0 aliphatic rings. The van der Waals surface area contributed by atoms with Crippen LogP contribution in [0, 0.1) is 0 Å². The summed E-state index contributed by atoms with van der Waals surface area (Å²) in [5.74, 6) is -0.436. The molecule has 2 aromatic heterocycles. The molecule has 1 amide bonds. The number of aromatic amines is 1. The van der Waals surface area contributed by atoms with Crippen molar-refractivity contribution < 1.29 is 9.53 Å². The Morgan fingerprint density at radius 1 is 1.09 bits per heavy atom.